The van der Waals surface area contributed by atoms with Crippen molar-refractivity contribution >= 4 is 17.3 Å². The number of aryl methyl sites for hydroxylation is 1. The van der Waals surface area contributed by atoms with Crippen LogP contribution in [0.4, 0.5) is 5.69 Å². The number of nitrogens with zero attached hydrogens (tertiary/aromatic N) is 1. The number of oxime groups is 1. The SMILES string of the molecule is Cc1ccc2c(c1)C(=NO)C(=O)[NH+]2CCOc1ccccc1. The average Bonchev–Trinajstić information content (AvgIpc) is 2.79. The summed E-state index contributed by atoms with van der Waals surface area (Å²) in [7, 11) is 0. The first kappa shape index (κ1) is 14.3. The van der Waals surface area contributed by atoms with Gasteiger partial charge in [0.1, 0.15) is 24.6 Å². The van der Waals surface area contributed by atoms with Gasteiger partial charge in [-0.3, -0.25) is 0 Å². The Kier molecular flexibility index (Phi) is 3.89. The Morgan fingerprint density at radius 2 is 1.95 bits per heavy atom. The molecule has 5 heteroatoms. The van der Waals surface area contributed by atoms with E-state index in [1.165, 1.54) is 0 Å². The van der Waals surface area contributed by atoms with E-state index in [4.69, 9.17) is 9.94 Å². The molecule has 22 heavy (non-hydrogen) atoms. The molecule has 0 spiro atoms. The van der Waals surface area contributed by atoms with Gasteiger partial charge in [0, 0.05) is 6.07 Å². The van der Waals surface area contributed by atoms with Gasteiger partial charge < -0.3 is 9.94 Å². The van der Waals surface area contributed by atoms with Crippen molar-refractivity contribution in [2.24, 2.45) is 5.16 Å². The molecule has 2 aromatic carbocycles. The van der Waals surface area contributed by atoms with E-state index in [-0.39, 0.29) is 11.6 Å². The molecule has 3 rings (SSSR count). The minimum absolute atomic E-state index is 0.119. The van der Waals surface area contributed by atoms with E-state index >= 15 is 0 Å². The molecule has 5 nitrogen and oxygen atoms in total. The van der Waals surface area contributed by atoms with Gasteiger partial charge in [-0.25, -0.2) is 9.69 Å². The number of hydrogen-bond donors (Lipinski definition) is 2. The van der Waals surface area contributed by atoms with Crippen molar-refractivity contribution in [3.63, 3.8) is 0 Å². The second-order valence-electron chi connectivity index (χ2n) is 5.22. The van der Waals surface area contributed by atoms with E-state index in [0.29, 0.717) is 23.6 Å². The number of nitrogens with one attached hydrogen (secondary N) is 1. The maximum Gasteiger partial charge on any atom is 0.372 e. The van der Waals surface area contributed by atoms with Crippen LogP contribution in [0.25, 0.3) is 0 Å². The van der Waals surface area contributed by atoms with Crippen molar-refractivity contribution in [1.29, 1.82) is 0 Å². The van der Waals surface area contributed by atoms with Crippen LogP contribution in [0.5, 0.6) is 5.75 Å². The third kappa shape index (κ3) is 2.58. The van der Waals surface area contributed by atoms with Gasteiger partial charge in [-0.1, -0.05) is 29.4 Å². The summed E-state index contributed by atoms with van der Waals surface area (Å²) in [6.45, 7) is 2.82. The molecule has 0 aliphatic carbocycles. The predicted molar refractivity (Wildman–Crippen MR) is 81.9 cm³/mol. The second-order valence-corrected chi connectivity index (χ2v) is 5.22. The molecule has 1 amide bonds. The van der Waals surface area contributed by atoms with Gasteiger partial charge in [0.05, 0.1) is 5.56 Å². The van der Waals surface area contributed by atoms with Crippen molar-refractivity contribution in [3.8, 4) is 5.75 Å². The van der Waals surface area contributed by atoms with Gasteiger partial charge in [0.25, 0.3) is 0 Å². The number of quaternary nitrogens is 1. The average molecular weight is 297 g/mol. The van der Waals surface area contributed by atoms with Crippen molar-refractivity contribution in [2.45, 2.75) is 6.92 Å². The number of amides is 1. The summed E-state index contributed by atoms with van der Waals surface area (Å²) in [5.41, 5.74) is 2.67. The zero-order chi connectivity index (χ0) is 15.5. The zero-order valence-electron chi connectivity index (χ0n) is 12.2. The summed E-state index contributed by atoms with van der Waals surface area (Å²) in [5.74, 6) is 0.550. The molecule has 2 aromatic rings. The minimum Gasteiger partial charge on any atom is -0.488 e. The van der Waals surface area contributed by atoms with Crippen LogP contribution in [-0.4, -0.2) is 30.0 Å². The van der Waals surface area contributed by atoms with Crippen LogP contribution in [0.15, 0.2) is 53.7 Å². The Morgan fingerprint density at radius 3 is 2.68 bits per heavy atom. The lowest BCUT2D eigenvalue weighted by molar-refractivity contribution is -0.742. The number of carbonyl (C=O) groups is 1. The topological polar surface area (TPSA) is 63.3 Å². The van der Waals surface area contributed by atoms with Crippen LogP contribution < -0.4 is 9.64 Å². The van der Waals surface area contributed by atoms with Gasteiger partial charge >= 0.3 is 5.91 Å². The predicted octanol–water partition coefficient (Wildman–Crippen LogP) is 1.31. The normalized spacial score (nSPS) is 18.5. The first-order chi connectivity index (χ1) is 10.7. The van der Waals surface area contributed by atoms with Crippen LogP contribution in [0, 0.1) is 6.92 Å². The summed E-state index contributed by atoms with van der Waals surface area (Å²) >= 11 is 0. The number of fused-ring (bicyclic) bond motifs is 1. The zero-order valence-corrected chi connectivity index (χ0v) is 12.2. The van der Waals surface area contributed by atoms with Crippen LogP contribution >= 0.6 is 0 Å². The third-order valence-corrected chi connectivity index (χ3v) is 3.71. The maximum atomic E-state index is 12.4. The quantitative estimate of drug-likeness (QED) is 0.660. The summed E-state index contributed by atoms with van der Waals surface area (Å²) in [4.78, 5) is 13.0. The van der Waals surface area contributed by atoms with Crippen LogP contribution in [-0.2, 0) is 4.79 Å². The molecule has 0 aromatic heterocycles. The van der Waals surface area contributed by atoms with E-state index in [1.807, 2.05) is 55.5 Å². The van der Waals surface area contributed by atoms with Gasteiger partial charge in [0.2, 0.25) is 5.71 Å². The van der Waals surface area contributed by atoms with E-state index in [0.717, 1.165) is 17.0 Å². The Bertz CT molecular complexity index is 726. The van der Waals surface area contributed by atoms with Crippen molar-refractivity contribution < 1.29 is 19.6 Å². The van der Waals surface area contributed by atoms with Crippen LogP contribution in [0.1, 0.15) is 11.1 Å². The lowest BCUT2D eigenvalue weighted by Gasteiger charge is -2.11. The van der Waals surface area contributed by atoms with E-state index in [1.54, 1.807) is 0 Å². The number of rotatable bonds is 4. The van der Waals surface area contributed by atoms with Crippen molar-refractivity contribution in [2.75, 3.05) is 13.2 Å². The van der Waals surface area contributed by atoms with Crippen molar-refractivity contribution in [1.82, 2.24) is 0 Å². The molecular formula is C17H17N2O3+. The molecule has 0 fully saturated rings. The summed E-state index contributed by atoms with van der Waals surface area (Å²) < 4.78 is 5.65. The molecular weight excluding hydrogens is 280 g/mol. The molecule has 112 valence electrons. The maximum absolute atomic E-state index is 12.4. The molecule has 1 aliphatic heterocycles. The van der Waals surface area contributed by atoms with Crippen molar-refractivity contribution in [3.05, 3.63) is 59.7 Å². The molecule has 1 atom stereocenters. The number of benzene rings is 2. The standard InChI is InChI=1S/C17H16N2O3/c1-12-7-8-15-14(11-12)16(18-21)17(20)19(15)9-10-22-13-5-3-2-4-6-13/h2-8,11,21H,9-10H2,1H3/p+1. The molecule has 1 unspecified atom stereocenters. The molecule has 1 aliphatic rings. The Labute approximate surface area is 128 Å². The summed E-state index contributed by atoms with van der Waals surface area (Å²) in [6.07, 6.45) is 0. The van der Waals surface area contributed by atoms with Gasteiger partial charge in [-0.05, 0) is 30.7 Å². The van der Waals surface area contributed by atoms with Crippen LogP contribution in [0.2, 0.25) is 0 Å². The monoisotopic (exact) mass is 297 g/mol. The molecule has 0 radical (unpaired) electrons. The molecule has 1 heterocycles. The fraction of sp³-hybridized carbons (Fsp3) is 0.176. The van der Waals surface area contributed by atoms with Gasteiger partial charge in [-0.2, -0.15) is 0 Å². The number of para-hydroxylation sites is 1. The lowest BCUT2D eigenvalue weighted by atomic mass is 10.1. The smallest absolute Gasteiger partial charge is 0.372 e. The summed E-state index contributed by atoms with van der Waals surface area (Å²) in [6, 6.07) is 15.2. The summed E-state index contributed by atoms with van der Waals surface area (Å²) in [5, 5.41) is 12.3. The Balaban J connectivity index is 1.76. The minimum atomic E-state index is -0.222. The van der Waals surface area contributed by atoms with Gasteiger partial charge in [-0.15, -0.1) is 0 Å². The highest BCUT2D eigenvalue weighted by Crippen LogP contribution is 2.19. The molecule has 0 bridgehead atoms. The highest BCUT2D eigenvalue weighted by Gasteiger charge is 2.40. The largest absolute Gasteiger partial charge is 0.488 e. The first-order valence-electron chi connectivity index (χ1n) is 7.12. The Hall–Kier alpha value is -2.66. The molecule has 2 N–H and O–H groups in total. The van der Waals surface area contributed by atoms with Gasteiger partial charge in [0.15, 0.2) is 0 Å². The highest BCUT2D eigenvalue weighted by molar-refractivity contribution is 6.45. The number of carbonyl (C=O) groups excluding carboxylic acids is 1. The fourth-order valence-electron chi connectivity index (χ4n) is 2.64. The lowest BCUT2D eigenvalue weighted by Crippen LogP contribution is -3.09. The van der Waals surface area contributed by atoms with Crippen LogP contribution in [0.3, 0.4) is 0 Å². The van der Waals surface area contributed by atoms with E-state index in [9.17, 15) is 4.79 Å². The number of ether oxygens (including phenoxy) is 1. The molecule has 0 saturated carbocycles. The van der Waals surface area contributed by atoms with E-state index in [2.05, 4.69) is 5.16 Å². The second kappa shape index (κ2) is 5.99. The van der Waals surface area contributed by atoms with E-state index < -0.39 is 0 Å². The Morgan fingerprint density at radius 1 is 1.18 bits per heavy atom. The third-order valence-electron chi connectivity index (χ3n) is 3.71. The fourth-order valence-corrected chi connectivity index (χ4v) is 2.64. The molecule has 0 saturated heterocycles. The number of hydrogen-bond acceptors (Lipinski definition) is 4. The highest BCUT2D eigenvalue weighted by atomic mass is 16.5. The first-order valence-corrected chi connectivity index (χ1v) is 7.12.